The molecule has 0 amide bonds. The molecule has 0 fully saturated rings. The molecule has 0 aromatic carbocycles. The fraction of sp³-hybridized carbons (Fsp3) is 0.286. The van der Waals surface area contributed by atoms with Gasteiger partial charge in [-0.05, 0) is 12.3 Å². The normalized spacial score (nSPS) is 10.5. The topological polar surface area (TPSA) is 93.4 Å². The van der Waals surface area contributed by atoms with Crippen LogP contribution in [0.25, 0.3) is 21.9 Å². The van der Waals surface area contributed by atoms with Crippen LogP contribution in [-0.2, 0) is 0 Å². The van der Waals surface area contributed by atoms with Crippen molar-refractivity contribution in [2.75, 3.05) is 5.73 Å². The summed E-state index contributed by atoms with van der Waals surface area (Å²) in [4.78, 5) is 21.0. The second-order valence-corrected chi connectivity index (χ2v) is 5.37. The zero-order valence-corrected chi connectivity index (χ0v) is 12.4. The SMILES string of the molecule is CCCCC#Cc1nc2nc(-c3cncs3)nc(N)c2[nH]1. The smallest absolute Gasteiger partial charge is 0.185 e. The molecule has 0 aliphatic rings. The molecule has 0 unspecified atom stereocenters. The van der Waals surface area contributed by atoms with Crippen molar-refractivity contribution in [1.29, 1.82) is 0 Å². The van der Waals surface area contributed by atoms with Gasteiger partial charge in [-0.25, -0.2) is 15.0 Å². The summed E-state index contributed by atoms with van der Waals surface area (Å²) in [6, 6.07) is 0. The standard InChI is InChI=1S/C14H14N6S/c1-2-3-4-5-6-10-17-11-12(15)19-13(20-14(11)18-10)9-7-16-8-21-9/h7-8H,2-4H2,1H3,(H3,15,17,18,19,20). The summed E-state index contributed by atoms with van der Waals surface area (Å²) in [6.45, 7) is 2.14. The lowest BCUT2D eigenvalue weighted by molar-refractivity contribution is 0.828. The van der Waals surface area contributed by atoms with Crippen LogP contribution in [0.4, 0.5) is 5.82 Å². The molecular formula is C14H14N6S. The molecule has 0 bridgehead atoms. The zero-order valence-electron chi connectivity index (χ0n) is 11.6. The third kappa shape index (κ3) is 2.85. The number of hydrogen-bond acceptors (Lipinski definition) is 6. The van der Waals surface area contributed by atoms with Gasteiger partial charge in [-0.1, -0.05) is 19.3 Å². The Labute approximate surface area is 125 Å². The first-order chi connectivity index (χ1) is 10.3. The monoisotopic (exact) mass is 298 g/mol. The third-order valence-electron chi connectivity index (χ3n) is 2.89. The van der Waals surface area contributed by atoms with Gasteiger partial charge in [-0.2, -0.15) is 0 Å². The minimum absolute atomic E-state index is 0.373. The Morgan fingerprint density at radius 3 is 3.00 bits per heavy atom. The Bertz CT molecular complexity index is 809. The maximum Gasteiger partial charge on any atom is 0.185 e. The van der Waals surface area contributed by atoms with E-state index in [2.05, 4.69) is 43.7 Å². The van der Waals surface area contributed by atoms with Gasteiger partial charge in [-0.15, -0.1) is 11.3 Å². The van der Waals surface area contributed by atoms with Crippen molar-refractivity contribution in [2.45, 2.75) is 26.2 Å². The Hall–Kier alpha value is -2.46. The highest BCUT2D eigenvalue weighted by molar-refractivity contribution is 7.13. The Balaban J connectivity index is 1.97. The Morgan fingerprint density at radius 1 is 1.33 bits per heavy atom. The predicted molar refractivity (Wildman–Crippen MR) is 83.6 cm³/mol. The molecule has 0 radical (unpaired) electrons. The summed E-state index contributed by atoms with van der Waals surface area (Å²) >= 11 is 1.46. The van der Waals surface area contributed by atoms with E-state index in [-0.39, 0.29) is 0 Å². The number of unbranched alkanes of at least 4 members (excludes halogenated alkanes) is 2. The van der Waals surface area contributed by atoms with Gasteiger partial charge in [0.2, 0.25) is 0 Å². The molecule has 0 aliphatic carbocycles. The number of hydrogen-bond donors (Lipinski definition) is 2. The maximum atomic E-state index is 5.97. The van der Waals surface area contributed by atoms with E-state index in [1.165, 1.54) is 11.3 Å². The molecule has 0 aliphatic heterocycles. The minimum atomic E-state index is 0.373. The highest BCUT2D eigenvalue weighted by Crippen LogP contribution is 2.23. The lowest BCUT2D eigenvalue weighted by atomic mass is 10.2. The van der Waals surface area contributed by atoms with Crippen LogP contribution in [0.3, 0.4) is 0 Å². The molecule has 3 N–H and O–H groups in total. The minimum Gasteiger partial charge on any atom is -0.382 e. The number of thiazole rings is 1. The van der Waals surface area contributed by atoms with Crippen molar-refractivity contribution in [3.63, 3.8) is 0 Å². The number of fused-ring (bicyclic) bond motifs is 1. The molecule has 6 nitrogen and oxygen atoms in total. The van der Waals surface area contributed by atoms with Crippen molar-refractivity contribution in [2.24, 2.45) is 0 Å². The number of rotatable bonds is 3. The van der Waals surface area contributed by atoms with Gasteiger partial charge in [0.05, 0.1) is 10.4 Å². The highest BCUT2D eigenvalue weighted by atomic mass is 32.1. The maximum absolute atomic E-state index is 5.97. The van der Waals surface area contributed by atoms with Crippen molar-refractivity contribution in [3.05, 3.63) is 17.5 Å². The molecule has 7 heteroatoms. The Morgan fingerprint density at radius 2 is 2.24 bits per heavy atom. The number of nitrogens with two attached hydrogens (primary N) is 1. The van der Waals surface area contributed by atoms with Crippen LogP contribution in [0.5, 0.6) is 0 Å². The third-order valence-corrected chi connectivity index (χ3v) is 3.66. The van der Waals surface area contributed by atoms with Gasteiger partial charge >= 0.3 is 0 Å². The molecule has 21 heavy (non-hydrogen) atoms. The Kier molecular flexibility index (Phi) is 3.79. The van der Waals surface area contributed by atoms with Crippen LogP contribution < -0.4 is 5.73 Å². The lowest BCUT2D eigenvalue weighted by Gasteiger charge is -1.97. The summed E-state index contributed by atoms with van der Waals surface area (Å²) in [5.41, 5.74) is 8.86. The van der Waals surface area contributed by atoms with Gasteiger partial charge in [0, 0.05) is 12.6 Å². The van der Waals surface area contributed by atoms with Gasteiger partial charge < -0.3 is 10.7 Å². The highest BCUT2D eigenvalue weighted by Gasteiger charge is 2.12. The van der Waals surface area contributed by atoms with Crippen LogP contribution in [0.15, 0.2) is 11.7 Å². The quantitative estimate of drug-likeness (QED) is 0.572. The van der Waals surface area contributed by atoms with E-state index >= 15 is 0 Å². The number of aromatic amines is 1. The number of nitrogens with zero attached hydrogens (tertiary/aromatic N) is 4. The molecule has 106 valence electrons. The van der Waals surface area contributed by atoms with Crippen LogP contribution in [0, 0.1) is 11.8 Å². The number of H-pyrrole nitrogens is 1. The molecule has 3 aromatic rings. The van der Waals surface area contributed by atoms with E-state index in [9.17, 15) is 0 Å². The van der Waals surface area contributed by atoms with Crippen LogP contribution in [0.1, 0.15) is 32.0 Å². The molecular weight excluding hydrogens is 284 g/mol. The van der Waals surface area contributed by atoms with Crippen LogP contribution in [0.2, 0.25) is 0 Å². The first kappa shape index (κ1) is 13.5. The molecule has 3 aromatic heterocycles. The summed E-state index contributed by atoms with van der Waals surface area (Å²) in [5, 5.41) is 0. The van der Waals surface area contributed by atoms with E-state index in [4.69, 9.17) is 5.73 Å². The molecule has 3 rings (SSSR count). The fourth-order valence-corrected chi connectivity index (χ4v) is 2.38. The number of nitrogens with one attached hydrogen (secondary N) is 1. The predicted octanol–water partition coefficient (Wildman–Crippen LogP) is 2.60. The van der Waals surface area contributed by atoms with E-state index in [0.29, 0.717) is 28.6 Å². The van der Waals surface area contributed by atoms with Crippen molar-refractivity contribution in [3.8, 4) is 22.5 Å². The van der Waals surface area contributed by atoms with E-state index in [1.807, 2.05) is 0 Å². The largest absolute Gasteiger partial charge is 0.382 e. The summed E-state index contributed by atoms with van der Waals surface area (Å²) in [5.74, 6) is 7.57. The average Bonchev–Trinajstić information content (AvgIpc) is 3.12. The van der Waals surface area contributed by atoms with E-state index in [0.717, 1.165) is 24.1 Å². The van der Waals surface area contributed by atoms with Crippen molar-refractivity contribution < 1.29 is 0 Å². The first-order valence-electron chi connectivity index (χ1n) is 6.69. The number of nitrogen functional groups attached to an aromatic ring is 1. The first-order valence-corrected chi connectivity index (χ1v) is 7.57. The summed E-state index contributed by atoms with van der Waals surface area (Å²) in [7, 11) is 0. The van der Waals surface area contributed by atoms with Crippen molar-refractivity contribution in [1.82, 2.24) is 24.9 Å². The molecule has 0 atom stereocenters. The summed E-state index contributed by atoms with van der Waals surface area (Å²) < 4.78 is 0. The number of aromatic nitrogens is 5. The molecule has 3 heterocycles. The molecule has 0 saturated carbocycles. The van der Waals surface area contributed by atoms with E-state index < -0.39 is 0 Å². The van der Waals surface area contributed by atoms with Crippen LogP contribution in [-0.4, -0.2) is 24.9 Å². The number of anilines is 1. The summed E-state index contributed by atoms with van der Waals surface area (Å²) in [6.07, 6.45) is 4.79. The average molecular weight is 298 g/mol. The van der Waals surface area contributed by atoms with Gasteiger partial charge in [-0.3, -0.25) is 4.98 Å². The second kappa shape index (κ2) is 5.89. The van der Waals surface area contributed by atoms with Crippen LogP contribution >= 0.6 is 11.3 Å². The van der Waals surface area contributed by atoms with Gasteiger partial charge in [0.1, 0.15) is 5.52 Å². The fourth-order valence-electron chi connectivity index (χ4n) is 1.83. The van der Waals surface area contributed by atoms with Gasteiger partial charge in [0.25, 0.3) is 0 Å². The lowest BCUT2D eigenvalue weighted by Crippen LogP contribution is -1.96. The van der Waals surface area contributed by atoms with E-state index in [1.54, 1.807) is 11.7 Å². The second-order valence-electron chi connectivity index (χ2n) is 4.49. The van der Waals surface area contributed by atoms with Gasteiger partial charge in [0.15, 0.2) is 23.1 Å². The molecule has 0 saturated heterocycles. The number of imidazole rings is 1. The van der Waals surface area contributed by atoms with Crippen molar-refractivity contribution >= 4 is 28.3 Å². The molecule has 0 spiro atoms. The zero-order chi connectivity index (χ0) is 14.7.